The lowest BCUT2D eigenvalue weighted by Gasteiger charge is -2.18. The average molecular weight is 486 g/mol. The van der Waals surface area contributed by atoms with Crippen LogP contribution in [-0.4, -0.2) is 8.80 Å². The van der Waals surface area contributed by atoms with Crippen molar-refractivity contribution < 1.29 is 0 Å². The number of hydrogen-bond donors (Lipinski definition) is 0. The molecular weight excluding hydrogens is 465 g/mol. The van der Waals surface area contributed by atoms with Crippen molar-refractivity contribution in [2.45, 2.75) is 26.4 Å². The fourth-order valence-corrected chi connectivity index (χ4v) is 6.47. The highest BCUT2D eigenvalue weighted by atomic mass is 127. The topological polar surface area (TPSA) is 3.24 Å². The van der Waals surface area contributed by atoms with Crippen molar-refractivity contribution in [3.8, 4) is 0 Å². The summed E-state index contributed by atoms with van der Waals surface area (Å²) < 4.78 is 5.10. The molecule has 0 amide bonds. The van der Waals surface area contributed by atoms with Crippen LogP contribution in [0.5, 0.6) is 0 Å². The smallest absolute Gasteiger partial charge is 0.0791 e. The molecule has 1 aromatic heterocycles. The monoisotopic (exact) mass is 486 g/mol. The van der Waals surface area contributed by atoms with Crippen LogP contribution in [-0.2, 0) is 6.42 Å². The van der Waals surface area contributed by atoms with Gasteiger partial charge < -0.3 is 0 Å². The Kier molecular flexibility index (Phi) is 5.08. The third kappa shape index (κ3) is 3.08. The standard InChI is InChI=1S/C22H21INSSi/c1-4-15-7-5-8-18-19-9-6-10-20(22(19)25-21(15)18)24(23)16-11-13-17(14-12-16)26(2)3/h5-14H,4H2,1-3H3. The van der Waals surface area contributed by atoms with E-state index in [0.717, 1.165) is 6.42 Å². The van der Waals surface area contributed by atoms with Gasteiger partial charge in [0.1, 0.15) is 0 Å². The molecule has 0 spiro atoms. The summed E-state index contributed by atoms with van der Waals surface area (Å²) in [6.07, 6.45) is 1.08. The second kappa shape index (κ2) is 7.33. The minimum Gasteiger partial charge on any atom is -0.282 e. The Balaban J connectivity index is 1.85. The fourth-order valence-electron chi connectivity index (χ4n) is 3.36. The van der Waals surface area contributed by atoms with Crippen LogP contribution in [0.4, 0.5) is 11.4 Å². The Morgan fingerprint density at radius 3 is 2.19 bits per heavy atom. The lowest BCUT2D eigenvalue weighted by atomic mass is 10.1. The van der Waals surface area contributed by atoms with Gasteiger partial charge in [0, 0.05) is 15.5 Å². The van der Waals surface area contributed by atoms with Crippen LogP contribution in [0.3, 0.4) is 0 Å². The first-order valence-electron chi connectivity index (χ1n) is 8.89. The molecule has 4 heteroatoms. The Labute approximate surface area is 174 Å². The van der Waals surface area contributed by atoms with E-state index in [-0.39, 0.29) is 0 Å². The van der Waals surface area contributed by atoms with Crippen LogP contribution in [0.15, 0.2) is 60.7 Å². The molecule has 0 N–H and O–H groups in total. The van der Waals surface area contributed by atoms with Gasteiger partial charge in [-0.3, -0.25) is 3.11 Å². The highest BCUT2D eigenvalue weighted by molar-refractivity contribution is 14.1. The summed E-state index contributed by atoms with van der Waals surface area (Å²) in [4.78, 5) is 0. The zero-order valence-electron chi connectivity index (χ0n) is 15.2. The Morgan fingerprint density at radius 1 is 0.885 bits per heavy atom. The van der Waals surface area contributed by atoms with Gasteiger partial charge in [0.2, 0.25) is 0 Å². The molecule has 1 heterocycles. The van der Waals surface area contributed by atoms with Crippen molar-refractivity contribution in [2.75, 3.05) is 3.11 Å². The third-order valence-electron chi connectivity index (χ3n) is 4.85. The SMILES string of the molecule is CCc1cccc2c1sc1c(N(I)c3ccc([Si](C)C)cc3)cccc12. The number of hydrogen-bond acceptors (Lipinski definition) is 2. The van der Waals surface area contributed by atoms with E-state index in [1.807, 2.05) is 11.3 Å². The number of halogens is 1. The first-order chi connectivity index (χ1) is 12.6. The van der Waals surface area contributed by atoms with Gasteiger partial charge in [0.05, 0.1) is 47.7 Å². The fraction of sp³-hybridized carbons (Fsp3) is 0.182. The summed E-state index contributed by atoms with van der Waals surface area (Å²) in [5.41, 5.74) is 3.95. The number of anilines is 2. The van der Waals surface area contributed by atoms with E-state index in [1.54, 1.807) is 0 Å². The molecule has 4 aromatic rings. The van der Waals surface area contributed by atoms with E-state index in [4.69, 9.17) is 0 Å². The minimum absolute atomic E-state index is 0.396. The minimum atomic E-state index is -0.396. The van der Waals surface area contributed by atoms with Gasteiger partial charge in [-0.05, 0) is 30.2 Å². The second-order valence-corrected chi connectivity index (χ2v) is 11.3. The number of benzene rings is 3. The van der Waals surface area contributed by atoms with E-state index in [1.165, 1.54) is 42.3 Å². The van der Waals surface area contributed by atoms with E-state index in [9.17, 15) is 0 Å². The summed E-state index contributed by atoms with van der Waals surface area (Å²) in [6, 6.07) is 22.5. The van der Waals surface area contributed by atoms with Gasteiger partial charge in [-0.2, -0.15) is 0 Å². The largest absolute Gasteiger partial charge is 0.282 e. The van der Waals surface area contributed by atoms with Crippen LogP contribution < -0.4 is 8.30 Å². The van der Waals surface area contributed by atoms with Gasteiger partial charge in [0.25, 0.3) is 0 Å². The summed E-state index contributed by atoms with van der Waals surface area (Å²) in [6.45, 7) is 6.92. The van der Waals surface area contributed by atoms with Crippen LogP contribution >= 0.6 is 34.2 Å². The molecule has 26 heavy (non-hydrogen) atoms. The Bertz CT molecular complexity index is 1070. The molecule has 0 unspecified atom stereocenters. The molecule has 0 bridgehead atoms. The van der Waals surface area contributed by atoms with Gasteiger partial charge in [-0.25, -0.2) is 0 Å². The van der Waals surface area contributed by atoms with Gasteiger partial charge in [-0.1, -0.05) is 67.7 Å². The first kappa shape index (κ1) is 18.0. The van der Waals surface area contributed by atoms with Crippen LogP contribution in [0.1, 0.15) is 12.5 Å². The number of fused-ring (bicyclic) bond motifs is 3. The number of rotatable bonds is 4. The molecule has 0 aliphatic rings. The molecule has 0 saturated heterocycles. The Hall–Kier alpha value is -1.37. The van der Waals surface area contributed by atoms with Crippen LogP contribution in [0.25, 0.3) is 20.2 Å². The molecule has 0 aliphatic carbocycles. The van der Waals surface area contributed by atoms with Crippen molar-refractivity contribution >= 4 is 79.7 Å². The summed E-state index contributed by atoms with van der Waals surface area (Å²) in [5.74, 6) is 0. The predicted molar refractivity (Wildman–Crippen MR) is 128 cm³/mol. The zero-order chi connectivity index (χ0) is 18.3. The summed E-state index contributed by atoms with van der Waals surface area (Å²) >= 11 is 4.37. The second-order valence-electron chi connectivity index (χ2n) is 6.73. The molecule has 1 radical (unpaired) electrons. The maximum absolute atomic E-state index is 2.44. The quantitative estimate of drug-likeness (QED) is 0.170. The maximum Gasteiger partial charge on any atom is 0.0791 e. The van der Waals surface area contributed by atoms with E-state index in [0.29, 0.717) is 0 Å². The molecule has 0 aliphatic heterocycles. The normalized spacial score (nSPS) is 11.6. The predicted octanol–water partition coefficient (Wildman–Crippen LogP) is 7.07. The van der Waals surface area contributed by atoms with Gasteiger partial charge in [-0.15, -0.1) is 11.3 Å². The van der Waals surface area contributed by atoms with E-state index in [2.05, 4.69) is 107 Å². The highest BCUT2D eigenvalue weighted by Crippen LogP contribution is 2.43. The number of thiophene rings is 1. The molecular formula is C22H21INSSi. The molecule has 3 aromatic carbocycles. The maximum atomic E-state index is 2.44. The lowest BCUT2D eigenvalue weighted by molar-refractivity contribution is 1.16. The first-order valence-corrected chi connectivity index (χ1v) is 13.2. The molecule has 0 fully saturated rings. The van der Waals surface area contributed by atoms with Crippen molar-refractivity contribution in [1.82, 2.24) is 0 Å². The van der Waals surface area contributed by atoms with Crippen LogP contribution in [0, 0.1) is 0 Å². The Morgan fingerprint density at radius 2 is 1.54 bits per heavy atom. The van der Waals surface area contributed by atoms with E-state index >= 15 is 0 Å². The average Bonchev–Trinajstić information content (AvgIpc) is 3.06. The van der Waals surface area contributed by atoms with Crippen molar-refractivity contribution in [1.29, 1.82) is 0 Å². The number of nitrogens with zero attached hydrogens (tertiary/aromatic N) is 1. The van der Waals surface area contributed by atoms with Gasteiger partial charge in [0.15, 0.2) is 0 Å². The summed E-state index contributed by atoms with van der Waals surface area (Å²) in [7, 11) is -0.396. The van der Waals surface area contributed by atoms with Crippen LogP contribution in [0.2, 0.25) is 13.1 Å². The lowest BCUT2D eigenvalue weighted by Crippen LogP contribution is -2.22. The van der Waals surface area contributed by atoms with Crippen molar-refractivity contribution in [3.63, 3.8) is 0 Å². The van der Waals surface area contributed by atoms with E-state index < -0.39 is 8.80 Å². The molecule has 1 nitrogen and oxygen atoms in total. The number of aryl methyl sites for hydroxylation is 1. The summed E-state index contributed by atoms with van der Waals surface area (Å²) in [5, 5.41) is 4.23. The molecule has 0 atom stereocenters. The zero-order valence-corrected chi connectivity index (χ0v) is 19.2. The third-order valence-corrected chi connectivity index (χ3v) is 8.73. The van der Waals surface area contributed by atoms with Crippen molar-refractivity contribution in [3.05, 3.63) is 66.2 Å². The molecule has 0 saturated carbocycles. The van der Waals surface area contributed by atoms with Crippen molar-refractivity contribution in [2.24, 2.45) is 0 Å². The molecule has 4 rings (SSSR count). The van der Waals surface area contributed by atoms with Gasteiger partial charge >= 0.3 is 0 Å². The molecule has 131 valence electrons. The highest BCUT2D eigenvalue weighted by Gasteiger charge is 2.15.